The zero-order valence-electron chi connectivity index (χ0n) is 11.2. The molecule has 0 atom stereocenters. The van der Waals surface area contributed by atoms with E-state index in [-0.39, 0.29) is 11.7 Å². The average Bonchev–Trinajstić information content (AvgIpc) is 2.15. The Morgan fingerprint density at radius 2 is 1.38 bits per heavy atom. The third-order valence-electron chi connectivity index (χ3n) is 2.97. The predicted molar refractivity (Wildman–Crippen MR) is 67.5 cm³/mol. The average molecular weight is 221 g/mol. The van der Waals surface area contributed by atoms with Gasteiger partial charge in [0.25, 0.3) is 0 Å². The lowest BCUT2D eigenvalue weighted by Crippen LogP contribution is -2.08. The molecule has 0 bridgehead atoms. The topological polar surface area (TPSA) is 0 Å². The summed E-state index contributed by atoms with van der Waals surface area (Å²) in [4.78, 5) is 0. The molecule has 0 unspecified atom stereocenters. The van der Waals surface area contributed by atoms with E-state index in [9.17, 15) is 4.39 Å². The van der Waals surface area contributed by atoms with Crippen molar-refractivity contribution in [1.29, 1.82) is 0 Å². The maximum atomic E-state index is 13.8. The highest BCUT2D eigenvalue weighted by atomic mass is 19.1. The normalized spacial score (nSPS) is 11.9. The first-order valence-corrected chi connectivity index (χ1v) is 6.10. The van der Waals surface area contributed by atoms with Crippen LogP contribution < -0.4 is 0 Å². The summed E-state index contributed by atoms with van der Waals surface area (Å²) >= 11 is 0. The molecule has 1 rings (SSSR count). The molecule has 0 aliphatic carbocycles. The smallest absolute Gasteiger partial charge is 0.134 e. The summed E-state index contributed by atoms with van der Waals surface area (Å²) in [6, 6.07) is 4.58. The zero-order chi connectivity index (χ0) is 12.5. The number of halogens is 1. The molecule has 0 fully saturated rings. The summed E-state index contributed by atoms with van der Waals surface area (Å²) in [6.45, 7) is 12.7. The Balaban J connectivity index is 3.50. The van der Waals surface area contributed by atoms with Crippen LogP contribution in [0.25, 0.3) is 0 Å². The van der Waals surface area contributed by atoms with Crippen molar-refractivity contribution >= 4 is 0 Å². The maximum Gasteiger partial charge on any atom is 0.134 e. The Labute approximate surface area is 98.9 Å². The third kappa shape index (κ3) is 2.45. The van der Waals surface area contributed by atoms with Gasteiger partial charge in [0.15, 0.2) is 0 Å². The van der Waals surface area contributed by atoms with Gasteiger partial charge in [-0.05, 0) is 40.5 Å². The molecule has 0 saturated heterocycles. The summed E-state index contributed by atoms with van der Waals surface area (Å²) in [7, 11) is 0. The fourth-order valence-electron chi connectivity index (χ4n) is 2.26. The van der Waals surface area contributed by atoms with Gasteiger partial charge in [-0.25, -0.2) is 4.39 Å². The molecule has 0 aliphatic rings. The van der Waals surface area contributed by atoms with Crippen LogP contribution in [0, 0.1) is 11.9 Å². The van der Waals surface area contributed by atoms with Crippen molar-refractivity contribution in [3.8, 4) is 0 Å². The Hall–Kier alpha value is -0.850. The summed E-state index contributed by atoms with van der Waals surface area (Å²) in [5, 5.41) is 0. The fourth-order valence-corrected chi connectivity index (χ4v) is 2.26. The molecule has 1 aromatic carbocycles. The van der Waals surface area contributed by atoms with Gasteiger partial charge in [-0.1, -0.05) is 41.5 Å². The van der Waals surface area contributed by atoms with Crippen LogP contribution in [0.4, 0.5) is 4.39 Å². The molecule has 1 radical (unpaired) electrons. The molecular formula is C15H22F. The minimum atomic E-state index is -0.178. The lowest BCUT2D eigenvalue weighted by Gasteiger charge is -2.22. The lowest BCUT2D eigenvalue weighted by atomic mass is 9.83. The molecule has 1 aromatic rings. The first-order valence-electron chi connectivity index (χ1n) is 6.10. The van der Waals surface area contributed by atoms with Crippen molar-refractivity contribution in [3.05, 3.63) is 34.6 Å². The molecule has 1 heteroatoms. The summed E-state index contributed by atoms with van der Waals surface area (Å²) in [5.74, 6) is 0.820. The molecule has 89 valence electrons. The molecule has 0 aliphatic heterocycles. The van der Waals surface area contributed by atoms with Crippen molar-refractivity contribution in [2.24, 2.45) is 0 Å². The summed E-state index contributed by atoms with van der Waals surface area (Å²) in [5.41, 5.74) is 3.27. The van der Waals surface area contributed by atoms with Crippen molar-refractivity contribution in [2.75, 3.05) is 0 Å². The van der Waals surface area contributed by atoms with Gasteiger partial charge < -0.3 is 0 Å². The molecular weight excluding hydrogens is 199 g/mol. The van der Waals surface area contributed by atoms with E-state index in [0.717, 1.165) is 5.56 Å². The van der Waals surface area contributed by atoms with Crippen LogP contribution >= 0.6 is 0 Å². The SMILES string of the molecule is CC(C)c1c[c]c(F)c(C(C)C)c1C(C)C. The maximum absolute atomic E-state index is 13.8. The quantitative estimate of drug-likeness (QED) is 0.674. The minimum Gasteiger partial charge on any atom is -0.206 e. The van der Waals surface area contributed by atoms with Crippen LogP contribution in [0.1, 0.15) is 76.0 Å². The Morgan fingerprint density at radius 3 is 1.75 bits per heavy atom. The third-order valence-corrected chi connectivity index (χ3v) is 2.97. The van der Waals surface area contributed by atoms with Crippen LogP contribution in [-0.2, 0) is 0 Å². The molecule has 0 spiro atoms. The van der Waals surface area contributed by atoms with E-state index >= 15 is 0 Å². The number of hydrogen-bond donors (Lipinski definition) is 0. The Morgan fingerprint density at radius 1 is 0.875 bits per heavy atom. The van der Waals surface area contributed by atoms with Gasteiger partial charge in [-0.3, -0.25) is 0 Å². The van der Waals surface area contributed by atoms with Crippen LogP contribution in [0.15, 0.2) is 6.07 Å². The van der Waals surface area contributed by atoms with Gasteiger partial charge in [0, 0.05) is 6.07 Å². The zero-order valence-corrected chi connectivity index (χ0v) is 11.2. The highest BCUT2D eigenvalue weighted by Gasteiger charge is 2.20. The monoisotopic (exact) mass is 221 g/mol. The van der Waals surface area contributed by atoms with E-state index in [2.05, 4.69) is 33.8 Å². The Kier molecular flexibility index (Phi) is 4.12. The fraction of sp³-hybridized carbons (Fsp3) is 0.600. The second-order valence-corrected chi connectivity index (χ2v) is 5.35. The van der Waals surface area contributed by atoms with Crippen molar-refractivity contribution in [3.63, 3.8) is 0 Å². The van der Waals surface area contributed by atoms with Gasteiger partial charge in [0.2, 0.25) is 0 Å². The number of rotatable bonds is 3. The van der Waals surface area contributed by atoms with E-state index in [0.29, 0.717) is 11.8 Å². The largest absolute Gasteiger partial charge is 0.206 e. The van der Waals surface area contributed by atoms with E-state index in [1.165, 1.54) is 11.1 Å². The summed E-state index contributed by atoms with van der Waals surface area (Å²) < 4.78 is 13.8. The van der Waals surface area contributed by atoms with E-state index < -0.39 is 0 Å². The molecule has 0 saturated carbocycles. The van der Waals surface area contributed by atoms with Gasteiger partial charge in [0.1, 0.15) is 5.82 Å². The van der Waals surface area contributed by atoms with E-state index in [1.54, 1.807) is 0 Å². The Bertz CT molecular complexity index is 362. The predicted octanol–water partition coefficient (Wildman–Crippen LogP) is 5.00. The molecule has 0 heterocycles. The second kappa shape index (κ2) is 4.99. The first kappa shape index (κ1) is 13.2. The second-order valence-electron chi connectivity index (χ2n) is 5.35. The van der Waals surface area contributed by atoms with Gasteiger partial charge >= 0.3 is 0 Å². The van der Waals surface area contributed by atoms with Gasteiger partial charge in [-0.15, -0.1) is 0 Å². The van der Waals surface area contributed by atoms with E-state index in [4.69, 9.17) is 0 Å². The summed E-state index contributed by atoms with van der Waals surface area (Å²) in [6.07, 6.45) is 0. The molecule has 0 amide bonds. The van der Waals surface area contributed by atoms with Crippen molar-refractivity contribution in [1.82, 2.24) is 0 Å². The number of hydrogen-bond acceptors (Lipinski definition) is 0. The number of benzene rings is 1. The molecule has 0 nitrogen and oxygen atoms in total. The molecule has 0 aromatic heterocycles. The lowest BCUT2D eigenvalue weighted by molar-refractivity contribution is 0.583. The highest BCUT2D eigenvalue weighted by molar-refractivity contribution is 5.41. The molecule has 16 heavy (non-hydrogen) atoms. The van der Waals surface area contributed by atoms with Crippen molar-refractivity contribution < 1.29 is 4.39 Å². The highest BCUT2D eigenvalue weighted by Crippen LogP contribution is 2.34. The van der Waals surface area contributed by atoms with Gasteiger partial charge in [-0.2, -0.15) is 0 Å². The first-order chi connectivity index (χ1) is 7.36. The van der Waals surface area contributed by atoms with Crippen LogP contribution in [0.2, 0.25) is 0 Å². The molecule has 0 N–H and O–H groups in total. The van der Waals surface area contributed by atoms with Crippen molar-refractivity contribution in [2.45, 2.75) is 59.3 Å². The van der Waals surface area contributed by atoms with Crippen LogP contribution in [-0.4, -0.2) is 0 Å². The van der Waals surface area contributed by atoms with Crippen LogP contribution in [0.5, 0.6) is 0 Å². The van der Waals surface area contributed by atoms with Crippen LogP contribution in [0.3, 0.4) is 0 Å². The standard InChI is InChI=1S/C15H22F/c1-9(2)12-7-8-13(16)15(11(5)6)14(12)10(3)4/h7,9-11H,1-6H3. The van der Waals surface area contributed by atoms with E-state index in [1.807, 2.05) is 19.9 Å². The minimum absolute atomic E-state index is 0.178. The van der Waals surface area contributed by atoms with Gasteiger partial charge in [0.05, 0.1) is 0 Å².